The maximum Gasteiger partial charge on any atom is 0.219 e. The van der Waals surface area contributed by atoms with Gasteiger partial charge in [0.2, 0.25) is 9.84 Å². The van der Waals surface area contributed by atoms with E-state index in [1.54, 1.807) is 18.2 Å². The topological polar surface area (TPSA) is 70.0 Å². The summed E-state index contributed by atoms with van der Waals surface area (Å²) in [5.41, 5.74) is 2.39. The molecule has 32 heavy (non-hydrogen) atoms. The molecule has 164 valence electrons. The highest BCUT2D eigenvalue weighted by atomic mass is 35.5. The first-order chi connectivity index (χ1) is 15.3. The fourth-order valence-corrected chi connectivity index (χ4v) is 5.76. The van der Waals surface area contributed by atoms with E-state index in [1.807, 2.05) is 37.3 Å². The molecular formula is C24H20ClFN2O2S2. The predicted octanol–water partition coefficient (Wildman–Crippen LogP) is 6.55. The molecule has 0 aliphatic rings. The molecule has 4 nitrogen and oxygen atoms in total. The molecule has 0 heterocycles. The van der Waals surface area contributed by atoms with Crippen LogP contribution in [0.5, 0.6) is 0 Å². The van der Waals surface area contributed by atoms with Gasteiger partial charge >= 0.3 is 0 Å². The number of nitriles is 1. The van der Waals surface area contributed by atoms with E-state index in [1.165, 1.54) is 30.3 Å². The predicted molar refractivity (Wildman–Crippen MR) is 128 cm³/mol. The van der Waals surface area contributed by atoms with Gasteiger partial charge in [-0.2, -0.15) is 5.26 Å². The fourth-order valence-electron chi connectivity index (χ4n) is 2.85. The van der Waals surface area contributed by atoms with E-state index in [2.05, 4.69) is 5.32 Å². The third-order valence-electron chi connectivity index (χ3n) is 4.64. The van der Waals surface area contributed by atoms with Gasteiger partial charge in [0.25, 0.3) is 0 Å². The summed E-state index contributed by atoms with van der Waals surface area (Å²) in [6.45, 7) is 2.04. The Kier molecular flexibility index (Phi) is 7.97. The van der Waals surface area contributed by atoms with Crippen molar-refractivity contribution in [2.45, 2.75) is 24.0 Å². The lowest BCUT2D eigenvalue weighted by Gasteiger charge is -2.15. The normalized spacial score (nSPS) is 12.1. The summed E-state index contributed by atoms with van der Waals surface area (Å²) in [7, 11) is -4.06. The summed E-state index contributed by atoms with van der Waals surface area (Å²) in [6, 6.07) is 21.2. The van der Waals surface area contributed by atoms with Crippen LogP contribution in [0.2, 0.25) is 5.02 Å². The van der Waals surface area contributed by atoms with Gasteiger partial charge in [0.05, 0.1) is 4.90 Å². The number of rotatable bonds is 8. The van der Waals surface area contributed by atoms with Crippen LogP contribution in [0.15, 0.2) is 87.6 Å². The third kappa shape index (κ3) is 5.71. The molecule has 0 aliphatic carbocycles. The molecule has 0 amide bonds. The molecule has 0 saturated heterocycles. The van der Waals surface area contributed by atoms with E-state index in [0.717, 1.165) is 23.7 Å². The zero-order chi connectivity index (χ0) is 23.1. The number of hydrogen-bond acceptors (Lipinski definition) is 5. The first-order valence-electron chi connectivity index (χ1n) is 9.72. The zero-order valence-corrected chi connectivity index (χ0v) is 19.6. The second-order valence-electron chi connectivity index (χ2n) is 6.79. The number of sulfone groups is 1. The molecule has 0 unspecified atom stereocenters. The number of halogens is 2. The Balaban J connectivity index is 2.03. The standard InChI is InChI=1S/C24H20ClFN2O2S2/c1-2-17-8-12-20(13-9-17)28-24(31-16-18-10-11-19(26)14-22(18)25)23(15-27)32(29,30)21-6-4-3-5-7-21/h3-14,28H,2,16H2,1H3. The van der Waals surface area contributed by atoms with Crippen molar-refractivity contribution >= 4 is 38.9 Å². The number of hydrogen-bond donors (Lipinski definition) is 1. The second kappa shape index (κ2) is 10.7. The van der Waals surface area contributed by atoms with Crippen molar-refractivity contribution in [3.05, 3.63) is 105 Å². The summed E-state index contributed by atoms with van der Waals surface area (Å²) in [6.07, 6.45) is 0.868. The molecule has 3 aromatic carbocycles. The molecule has 0 spiro atoms. The van der Waals surface area contributed by atoms with Crippen LogP contribution in [0.1, 0.15) is 18.1 Å². The molecule has 8 heteroatoms. The molecular weight excluding hydrogens is 467 g/mol. The largest absolute Gasteiger partial charge is 0.349 e. The molecule has 3 rings (SSSR count). The second-order valence-corrected chi connectivity index (χ2v) is 10.1. The first-order valence-corrected chi connectivity index (χ1v) is 12.6. The SMILES string of the molecule is CCc1ccc(NC(SCc2ccc(F)cc2Cl)=C(C#N)S(=O)(=O)c2ccccc2)cc1. The smallest absolute Gasteiger partial charge is 0.219 e. The Morgan fingerprint density at radius 3 is 2.38 bits per heavy atom. The monoisotopic (exact) mass is 486 g/mol. The zero-order valence-electron chi connectivity index (χ0n) is 17.2. The number of allylic oxidation sites excluding steroid dienone is 1. The Morgan fingerprint density at radius 1 is 1.09 bits per heavy atom. The van der Waals surface area contributed by atoms with E-state index in [9.17, 15) is 18.1 Å². The highest BCUT2D eigenvalue weighted by Crippen LogP contribution is 2.33. The van der Waals surface area contributed by atoms with Gasteiger partial charge in [0, 0.05) is 16.5 Å². The summed E-state index contributed by atoms with van der Waals surface area (Å²) in [4.78, 5) is -0.371. The van der Waals surface area contributed by atoms with Crippen LogP contribution < -0.4 is 5.32 Å². The Morgan fingerprint density at radius 2 is 1.78 bits per heavy atom. The van der Waals surface area contributed by atoms with E-state index in [4.69, 9.17) is 11.6 Å². The van der Waals surface area contributed by atoms with Crippen molar-refractivity contribution in [2.75, 3.05) is 5.32 Å². The van der Waals surface area contributed by atoms with Crippen LogP contribution in [-0.4, -0.2) is 8.42 Å². The Labute approximate surface area is 196 Å². The van der Waals surface area contributed by atoms with Gasteiger partial charge < -0.3 is 5.32 Å². The quantitative estimate of drug-likeness (QED) is 0.365. The number of nitrogens with zero attached hydrogens (tertiary/aromatic N) is 1. The maximum absolute atomic E-state index is 13.4. The van der Waals surface area contributed by atoms with Crippen molar-refractivity contribution in [3.63, 3.8) is 0 Å². The lowest BCUT2D eigenvalue weighted by molar-refractivity contribution is 0.603. The van der Waals surface area contributed by atoms with E-state index < -0.39 is 20.6 Å². The first kappa shape index (κ1) is 23.9. The molecule has 0 aliphatic heterocycles. The summed E-state index contributed by atoms with van der Waals surface area (Å²) >= 11 is 7.25. The number of nitrogens with one attached hydrogen (secondary N) is 1. The molecule has 0 aromatic heterocycles. The lowest BCUT2D eigenvalue weighted by atomic mass is 10.1. The molecule has 0 saturated carbocycles. The van der Waals surface area contributed by atoms with E-state index >= 15 is 0 Å². The van der Waals surface area contributed by atoms with Crippen molar-refractivity contribution in [1.82, 2.24) is 0 Å². The van der Waals surface area contributed by atoms with Gasteiger partial charge in [-0.3, -0.25) is 0 Å². The lowest BCUT2D eigenvalue weighted by Crippen LogP contribution is -2.10. The molecule has 3 aromatic rings. The van der Waals surface area contributed by atoms with Crippen LogP contribution in [0.3, 0.4) is 0 Å². The van der Waals surface area contributed by atoms with Crippen LogP contribution in [-0.2, 0) is 22.0 Å². The molecule has 1 N–H and O–H groups in total. The van der Waals surface area contributed by atoms with Crippen molar-refractivity contribution < 1.29 is 12.8 Å². The number of thioether (sulfide) groups is 1. The third-order valence-corrected chi connectivity index (χ3v) is 7.89. The van der Waals surface area contributed by atoms with Crippen molar-refractivity contribution in [1.29, 1.82) is 5.26 Å². The minimum atomic E-state index is -4.06. The Bertz CT molecular complexity index is 1270. The van der Waals surface area contributed by atoms with Crippen LogP contribution in [0.4, 0.5) is 10.1 Å². The van der Waals surface area contributed by atoms with Gasteiger partial charge in [-0.05, 0) is 53.9 Å². The van der Waals surface area contributed by atoms with Crippen LogP contribution in [0.25, 0.3) is 0 Å². The number of aryl methyl sites for hydroxylation is 1. The molecule has 0 bridgehead atoms. The van der Waals surface area contributed by atoms with Crippen LogP contribution in [0, 0.1) is 17.1 Å². The van der Waals surface area contributed by atoms with Gasteiger partial charge in [-0.15, -0.1) is 11.8 Å². The molecule has 0 radical (unpaired) electrons. The van der Waals surface area contributed by atoms with Gasteiger partial charge in [0.1, 0.15) is 16.9 Å². The maximum atomic E-state index is 13.4. The highest BCUT2D eigenvalue weighted by Gasteiger charge is 2.25. The average Bonchev–Trinajstić information content (AvgIpc) is 2.79. The highest BCUT2D eigenvalue weighted by molar-refractivity contribution is 8.04. The minimum Gasteiger partial charge on any atom is -0.349 e. The minimum absolute atomic E-state index is 0.0256. The van der Waals surface area contributed by atoms with E-state index in [0.29, 0.717) is 11.3 Å². The fraction of sp³-hybridized carbons (Fsp3) is 0.125. The van der Waals surface area contributed by atoms with E-state index in [-0.39, 0.29) is 20.7 Å². The molecule has 0 atom stereocenters. The van der Waals surface area contributed by atoms with Gasteiger partial charge in [-0.1, -0.05) is 54.9 Å². The van der Waals surface area contributed by atoms with Crippen molar-refractivity contribution in [2.24, 2.45) is 0 Å². The number of benzene rings is 3. The van der Waals surface area contributed by atoms with Gasteiger partial charge in [0.15, 0.2) is 4.91 Å². The van der Waals surface area contributed by atoms with Crippen molar-refractivity contribution in [3.8, 4) is 6.07 Å². The summed E-state index contributed by atoms with van der Waals surface area (Å²) in [5, 5.41) is 13.3. The average molecular weight is 487 g/mol. The molecule has 0 fully saturated rings. The summed E-state index contributed by atoms with van der Waals surface area (Å²) in [5.74, 6) is -0.220. The van der Waals surface area contributed by atoms with Gasteiger partial charge in [-0.25, -0.2) is 12.8 Å². The summed E-state index contributed by atoms with van der Waals surface area (Å²) < 4.78 is 39.8. The number of anilines is 1. The Hall–Kier alpha value is -2.79. The van der Waals surface area contributed by atoms with Crippen LogP contribution >= 0.6 is 23.4 Å².